The lowest BCUT2D eigenvalue weighted by molar-refractivity contribution is -0.137. The van der Waals surface area contributed by atoms with Gasteiger partial charge >= 0.3 is 5.97 Å². The summed E-state index contributed by atoms with van der Waals surface area (Å²) in [5, 5.41) is 15.6. The summed E-state index contributed by atoms with van der Waals surface area (Å²) in [4.78, 5) is 21.9. The van der Waals surface area contributed by atoms with Gasteiger partial charge in [0.1, 0.15) is 0 Å². The standard InChI is InChI=1S/C13H21N3O3/c1-9-11(10(2)16(3)15-9)8-14-12(17)6-4-5-7-13(18)19/h4-8H2,1-3H3,(H,14,17)(H,18,19). The molecule has 6 nitrogen and oxygen atoms in total. The third-order valence-corrected chi connectivity index (χ3v) is 3.17. The molecule has 6 heteroatoms. The van der Waals surface area contributed by atoms with Gasteiger partial charge in [-0.2, -0.15) is 5.10 Å². The highest BCUT2D eigenvalue weighted by atomic mass is 16.4. The average molecular weight is 267 g/mol. The number of carbonyl (C=O) groups excluding carboxylic acids is 1. The van der Waals surface area contributed by atoms with Gasteiger partial charge in [0, 0.05) is 37.7 Å². The minimum atomic E-state index is -0.818. The predicted molar refractivity (Wildman–Crippen MR) is 70.6 cm³/mol. The summed E-state index contributed by atoms with van der Waals surface area (Å²) in [6.07, 6.45) is 1.62. The van der Waals surface area contributed by atoms with Crippen LogP contribution in [-0.2, 0) is 23.2 Å². The number of nitrogens with zero attached hydrogens (tertiary/aromatic N) is 2. The molecule has 0 aliphatic heterocycles. The molecule has 0 aromatic carbocycles. The Balaban J connectivity index is 2.32. The zero-order valence-corrected chi connectivity index (χ0v) is 11.7. The van der Waals surface area contributed by atoms with Crippen LogP contribution in [-0.4, -0.2) is 26.8 Å². The van der Waals surface area contributed by atoms with Crippen LogP contribution < -0.4 is 5.32 Å². The molecule has 0 saturated carbocycles. The largest absolute Gasteiger partial charge is 0.481 e. The Labute approximate surface area is 112 Å². The van der Waals surface area contributed by atoms with Crippen LogP contribution in [0.3, 0.4) is 0 Å². The van der Waals surface area contributed by atoms with Crippen LogP contribution in [0.2, 0.25) is 0 Å². The summed E-state index contributed by atoms with van der Waals surface area (Å²) in [5.74, 6) is -0.866. The molecule has 0 bridgehead atoms. The zero-order valence-electron chi connectivity index (χ0n) is 11.7. The second-order valence-electron chi connectivity index (χ2n) is 4.65. The number of amides is 1. The lowest BCUT2D eigenvalue weighted by Gasteiger charge is -2.05. The zero-order chi connectivity index (χ0) is 14.4. The van der Waals surface area contributed by atoms with E-state index in [1.165, 1.54) is 0 Å². The van der Waals surface area contributed by atoms with Gasteiger partial charge in [0.05, 0.1) is 5.69 Å². The first-order valence-corrected chi connectivity index (χ1v) is 6.39. The first kappa shape index (κ1) is 15.2. The second kappa shape index (κ2) is 6.92. The highest BCUT2D eigenvalue weighted by Crippen LogP contribution is 2.11. The highest BCUT2D eigenvalue weighted by Gasteiger charge is 2.10. The molecule has 0 unspecified atom stereocenters. The lowest BCUT2D eigenvalue weighted by atomic mass is 10.1. The van der Waals surface area contributed by atoms with Crippen LogP contribution >= 0.6 is 0 Å². The maximum atomic E-state index is 11.6. The number of hydrogen-bond donors (Lipinski definition) is 2. The van der Waals surface area contributed by atoms with Gasteiger partial charge in [-0.25, -0.2) is 0 Å². The van der Waals surface area contributed by atoms with Crippen molar-refractivity contribution >= 4 is 11.9 Å². The van der Waals surface area contributed by atoms with Crippen LogP contribution in [0, 0.1) is 13.8 Å². The Hall–Kier alpha value is -1.85. The Morgan fingerprint density at radius 3 is 2.42 bits per heavy atom. The summed E-state index contributed by atoms with van der Waals surface area (Å²) in [6.45, 7) is 4.36. The molecule has 1 aromatic heterocycles. The third kappa shape index (κ3) is 4.73. The van der Waals surface area contributed by atoms with E-state index in [9.17, 15) is 9.59 Å². The number of aryl methyl sites for hydroxylation is 2. The number of unbranched alkanes of at least 4 members (excludes halogenated alkanes) is 1. The number of carboxylic acid groups (broad SMARTS) is 1. The number of aliphatic carboxylic acids is 1. The molecule has 0 atom stereocenters. The van der Waals surface area contributed by atoms with Crippen molar-refractivity contribution < 1.29 is 14.7 Å². The van der Waals surface area contributed by atoms with Crippen LogP contribution in [0.1, 0.15) is 42.6 Å². The van der Waals surface area contributed by atoms with E-state index in [1.54, 1.807) is 4.68 Å². The Bertz CT molecular complexity index is 466. The number of carboxylic acids is 1. The van der Waals surface area contributed by atoms with Gasteiger partial charge in [0.15, 0.2) is 0 Å². The van der Waals surface area contributed by atoms with Gasteiger partial charge in [0.2, 0.25) is 5.91 Å². The Morgan fingerprint density at radius 2 is 1.89 bits per heavy atom. The van der Waals surface area contributed by atoms with Gasteiger partial charge in [-0.15, -0.1) is 0 Å². The summed E-state index contributed by atoms with van der Waals surface area (Å²) < 4.78 is 1.80. The van der Waals surface area contributed by atoms with E-state index in [-0.39, 0.29) is 12.3 Å². The lowest BCUT2D eigenvalue weighted by Crippen LogP contribution is -2.23. The molecule has 19 heavy (non-hydrogen) atoms. The highest BCUT2D eigenvalue weighted by molar-refractivity contribution is 5.76. The van der Waals surface area contributed by atoms with Crippen LogP contribution in [0.5, 0.6) is 0 Å². The molecule has 0 saturated heterocycles. The van der Waals surface area contributed by atoms with Crippen molar-refractivity contribution in [2.45, 2.75) is 46.1 Å². The quantitative estimate of drug-likeness (QED) is 0.729. The van der Waals surface area contributed by atoms with Crippen molar-refractivity contribution in [3.8, 4) is 0 Å². The van der Waals surface area contributed by atoms with Crippen LogP contribution in [0.25, 0.3) is 0 Å². The van der Waals surface area contributed by atoms with Gasteiger partial charge < -0.3 is 10.4 Å². The smallest absolute Gasteiger partial charge is 0.303 e. The van der Waals surface area contributed by atoms with E-state index < -0.39 is 5.97 Å². The van der Waals surface area contributed by atoms with Crippen molar-refractivity contribution in [3.05, 3.63) is 17.0 Å². The number of hydrogen-bond acceptors (Lipinski definition) is 3. The van der Waals surface area contributed by atoms with Crippen molar-refractivity contribution in [2.24, 2.45) is 7.05 Å². The molecule has 1 aromatic rings. The fourth-order valence-corrected chi connectivity index (χ4v) is 1.91. The first-order valence-electron chi connectivity index (χ1n) is 6.39. The number of aromatic nitrogens is 2. The maximum absolute atomic E-state index is 11.6. The summed E-state index contributed by atoms with van der Waals surface area (Å²) in [5.41, 5.74) is 3.01. The predicted octanol–water partition coefficient (Wildman–Crippen LogP) is 1.30. The SMILES string of the molecule is Cc1nn(C)c(C)c1CNC(=O)CCCCC(=O)O. The Kier molecular flexibility index (Phi) is 5.54. The summed E-state index contributed by atoms with van der Waals surface area (Å²) in [6, 6.07) is 0. The number of nitrogens with one attached hydrogen (secondary N) is 1. The van der Waals surface area contributed by atoms with E-state index >= 15 is 0 Å². The number of rotatable bonds is 7. The summed E-state index contributed by atoms with van der Waals surface area (Å²) >= 11 is 0. The second-order valence-corrected chi connectivity index (χ2v) is 4.65. The topological polar surface area (TPSA) is 84.2 Å². The van der Waals surface area contributed by atoms with Gasteiger partial charge in [-0.3, -0.25) is 14.3 Å². The molecular weight excluding hydrogens is 246 g/mol. The molecule has 2 N–H and O–H groups in total. The van der Waals surface area contributed by atoms with Crippen molar-refractivity contribution in [3.63, 3.8) is 0 Å². The van der Waals surface area contributed by atoms with Crippen molar-refractivity contribution in [2.75, 3.05) is 0 Å². The average Bonchev–Trinajstić information content (AvgIpc) is 2.57. The first-order chi connectivity index (χ1) is 8.91. The van der Waals surface area contributed by atoms with Crippen molar-refractivity contribution in [1.29, 1.82) is 0 Å². The molecular formula is C13H21N3O3. The molecule has 0 spiro atoms. The normalized spacial score (nSPS) is 10.5. The Morgan fingerprint density at radius 1 is 1.26 bits per heavy atom. The monoisotopic (exact) mass is 267 g/mol. The van der Waals surface area contributed by atoms with Gasteiger partial charge in [0.25, 0.3) is 0 Å². The molecule has 0 radical (unpaired) electrons. The van der Waals surface area contributed by atoms with E-state index in [4.69, 9.17) is 5.11 Å². The molecule has 0 aliphatic rings. The minimum Gasteiger partial charge on any atom is -0.481 e. The molecule has 0 aliphatic carbocycles. The van der Waals surface area contributed by atoms with E-state index in [0.29, 0.717) is 25.8 Å². The van der Waals surface area contributed by atoms with E-state index in [1.807, 2.05) is 20.9 Å². The maximum Gasteiger partial charge on any atom is 0.303 e. The van der Waals surface area contributed by atoms with E-state index in [0.717, 1.165) is 17.0 Å². The fraction of sp³-hybridized carbons (Fsp3) is 0.615. The molecule has 1 rings (SSSR count). The minimum absolute atomic E-state index is 0.0481. The molecule has 106 valence electrons. The molecule has 1 amide bonds. The van der Waals surface area contributed by atoms with Gasteiger partial charge in [-0.05, 0) is 26.7 Å². The van der Waals surface area contributed by atoms with Crippen LogP contribution in [0.15, 0.2) is 0 Å². The summed E-state index contributed by atoms with van der Waals surface area (Å²) in [7, 11) is 1.87. The van der Waals surface area contributed by atoms with Crippen LogP contribution in [0.4, 0.5) is 0 Å². The third-order valence-electron chi connectivity index (χ3n) is 3.17. The number of carbonyl (C=O) groups is 2. The molecule has 0 fully saturated rings. The van der Waals surface area contributed by atoms with E-state index in [2.05, 4.69) is 10.4 Å². The van der Waals surface area contributed by atoms with Gasteiger partial charge in [-0.1, -0.05) is 0 Å². The molecule has 1 heterocycles. The van der Waals surface area contributed by atoms with Crippen molar-refractivity contribution in [1.82, 2.24) is 15.1 Å². The fourth-order valence-electron chi connectivity index (χ4n) is 1.91.